The van der Waals surface area contributed by atoms with Crippen LogP contribution in [0.4, 0.5) is 0 Å². The smallest absolute Gasteiger partial charge is 0.326 e. The first-order valence-electron chi connectivity index (χ1n) is 10.7. The van der Waals surface area contributed by atoms with Gasteiger partial charge in [-0.3, -0.25) is 9.59 Å². The van der Waals surface area contributed by atoms with Crippen LogP contribution in [0.1, 0.15) is 31.2 Å². The van der Waals surface area contributed by atoms with Crippen LogP contribution >= 0.6 is 11.8 Å². The van der Waals surface area contributed by atoms with Crippen molar-refractivity contribution in [2.24, 2.45) is 11.5 Å². The molecule has 0 aliphatic heterocycles. The summed E-state index contributed by atoms with van der Waals surface area (Å²) in [6.07, 6.45) is 5.94. The molecular formula is C22H33N5O4S. The highest BCUT2D eigenvalue weighted by atomic mass is 32.2. The van der Waals surface area contributed by atoms with E-state index in [0.29, 0.717) is 38.0 Å². The highest BCUT2D eigenvalue weighted by molar-refractivity contribution is 7.98. The summed E-state index contributed by atoms with van der Waals surface area (Å²) in [4.78, 5) is 40.2. The number of carbonyl (C=O) groups is 3. The number of para-hydroxylation sites is 1. The van der Waals surface area contributed by atoms with Gasteiger partial charge < -0.3 is 32.2 Å². The monoisotopic (exact) mass is 463 g/mol. The third-order valence-corrected chi connectivity index (χ3v) is 5.90. The maximum absolute atomic E-state index is 12.8. The minimum atomic E-state index is -1.11. The minimum absolute atomic E-state index is 0.279. The molecule has 0 fully saturated rings. The Kier molecular flexibility index (Phi) is 10.5. The van der Waals surface area contributed by atoms with Crippen LogP contribution in [0, 0.1) is 0 Å². The summed E-state index contributed by atoms with van der Waals surface area (Å²) in [5.74, 6) is -1.46. The number of carboxylic acid groups (broad SMARTS) is 1. The summed E-state index contributed by atoms with van der Waals surface area (Å²) >= 11 is 1.53. The lowest BCUT2D eigenvalue weighted by Gasteiger charge is -2.23. The molecule has 2 aromatic rings. The first-order chi connectivity index (χ1) is 15.4. The largest absolute Gasteiger partial charge is 0.480 e. The second-order valence-corrected chi connectivity index (χ2v) is 8.68. The number of carbonyl (C=O) groups excluding carboxylic acids is 2. The van der Waals surface area contributed by atoms with Crippen LogP contribution in [-0.4, -0.2) is 64.6 Å². The molecule has 0 radical (unpaired) electrons. The maximum Gasteiger partial charge on any atom is 0.326 e. The number of amides is 2. The van der Waals surface area contributed by atoms with Crippen molar-refractivity contribution in [1.82, 2.24) is 15.6 Å². The SMILES string of the molecule is CSCCC(NC(=O)C(N)Cc1c[nH]c2ccccc12)C(=O)NC(CCCCN)C(=O)O. The van der Waals surface area contributed by atoms with E-state index in [9.17, 15) is 19.5 Å². The average molecular weight is 464 g/mol. The molecule has 8 N–H and O–H groups in total. The molecule has 1 aromatic carbocycles. The van der Waals surface area contributed by atoms with Gasteiger partial charge in [-0.2, -0.15) is 11.8 Å². The Labute approximate surface area is 192 Å². The standard InChI is InChI=1S/C22H33N5O4S/c1-32-11-9-18(21(29)27-19(22(30)31)8-4-5-10-23)26-20(28)16(24)12-14-13-25-17-7-3-2-6-15(14)17/h2-3,6-7,13,16,18-19,25H,4-5,8-12,23-24H2,1H3,(H,26,28)(H,27,29)(H,30,31). The number of aromatic nitrogens is 1. The second-order valence-electron chi connectivity index (χ2n) is 7.70. The van der Waals surface area contributed by atoms with E-state index in [4.69, 9.17) is 11.5 Å². The van der Waals surface area contributed by atoms with E-state index in [1.807, 2.05) is 36.7 Å². The van der Waals surface area contributed by atoms with E-state index in [-0.39, 0.29) is 6.42 Å². The number of aliphatic carboxylic acids is 1. The summed E-state index contributed by atoms with van der Waals surface area (Å²) in [6, 6.07) is 5.00. The van der Waals surface area contributed by atoms with Crippen molar-refractivity contribution >= 4 is 40.4 Å². The predicted octanol–water partition coefficient (Wildman–Crippen LogP) is 0.974. The number of nitrogens with one attached hydrogen (secondary N) is 3. The topological polar surface area (TPSA) is 163 Å². The lowest BCUT2D eigenvalue weighted by Crippen LogP contribution is -2.55. The third kappa shape index (κ3) is 7.54. The van der Waals surface area contributed by atoms with Gasteiger partial charge in [0.2, 0.25) is 11.8 Å². The molecule has 3 unspecified atom stereocenters. The van der Waals surface area contributed by atoms with Crippen LogP contribution in [0.5, 0.6) is 0 Å². The molecule has 3 atom stereocenters. The Morgan fingerprint density at radius 1 is 1.09 bits per heavy atom. The van der Waals surface area contributed by atoms with Gasteiger partial charge in [0, 0.05) is 17.1 Å². The van der Waals surface area contributed by atoms with Crippen LogP contribution in [0.25, 0.3) is 10.9 Å². The molecule has 32 heavy (non-hydrogen) atoms. The quantitative estimate of drug-likeness (QED) is 0.227. The maximum atomic E-state index is 12.8. The number of H-pyrrole nitrogens is 1. The average Bonchev–Trinajstić information content (AvgIpc) is 3.18. The number of thioether (sulfide) groups is 1. The number of hydrogen-bond donors (Lipinski definition) is 6. The summed E-state index contributed by atoms with van der Waals surface area (Å²) < 4.78 is 0. The van der Waals surface area contributed by atoms with Crippen LogP contribution in [0.3, 0.4) is 0 Å². The van der Waals surface area contributed by atoms with Crippen LogP contribution in [0.2, 0.25) is 0 Å². The normalized spacial score (nSPS) is 14.0. The van der Waals surface area contributed by atoms with Crippen molar-refractivity contribution in [2.75, 3.05) is 18.6 Å². The van der Waals surface area contributed by atoms with Crippen LogP contribution in [-0.2, 0) is 20.8 Å². The fraction of sp³-hybridized carbons (Fsp3) is 0.500. The van der Waals surface area contributed by atoms with Crippen molar-refractivity contribution < 1.29 is 19.5 Å². The Morgan fingerprint density at radius 3 is 2.50 bits per heavy atom. The van der Waals surface area contributed by atoms with E-state index >= 15 is 0 Å². The van der Waals surface area contributed by atoms with Crippen molar-refractivity contribution in [1.29, 1.82) is 0 Å². The molecule has 0 saturated heterocycles. The van der Waals surface area contributed by atoms with Gasteiger partial charge in [-0.05, 0) is 62.3 Å². The molecule has 1 aromatic heterocycles. The Balaban J connectivity index is 2.01. The molecule has 2 rings (SSSR count). The number of hydrogen-bond acceptors (Lipinski definition) is 6. The zero-order valence-electron chi connectivity index (χ0n) is 18.3. The van der Waals surface area contributed by atoms with Crippen LogP contribution < -0.4 is 22.1 Å². The van der Waals surface area contributed by atoms with Gasteiger partial charge in [0.15, 0.2) is 0 Å². The number of unbranched alkanes of at least 4 members (excludes halogenated alkanes) is 1. The Morgan fingerprint density at radius 2 is 1.81 bits per heavy atom. The highest BCUT2D eigenvalue weighted by Gasteiger charge is 2.27. The number of nitrogens with two attached hydrogens (primary N) is 2. The lowest BCUT2D eigenvalue weighted by molar-refractivity contribution is -0.142. The van der Waals surface area contributed by atoms with Gasteiger partial charge in [-0.25, -0.2) is 4.79 Å². The molecule has 10 heteroatoms. The van der Waals surface area contributed by atoms with Gasteiger partial charge in [0.05, 0.1) is 6.04 Å². The molecule has 0 spiro atoms. The highest BCUT2D eigenvalue weighted by Crippen LogP contribution is 2.18. The lowest BCUT2D eigenvalue weighted by atomic mass is 10.0. The van der Waals surface area contributed by atoms with Gasteiger partial charge in [0.25, 0.3) is 0 Å². The molecular weight excluding hydrogens is 430 g/mol. The van der Waals surface area contributed by atoms with E-state index in [1.165, 1.54) is 11.8 Å². The second kappa shape index (κ2) is 13.1. The molecule has 0 bridgehead atoms. The number of aromatic amines is 1. The fourth-order valence-corrected chi connectivity index (χ4v) is 3.91. The molecule has 0 aliphatic rings. The number of benzene rings is 1. The summed E-state index contributed by atoms with van der Waals surface area (Å²) in [5, 5.41) is 15.7. The molecule has 1 heterocycles. The minimum Gasteiger partial charge on any atom is -0.480 e. The van der Waals surface area contributed by atoms with E-state index < -0.39 is 35.9 Å². The van der Waals surface area contributed by atoms with E-state index in [1.54, 1.807) is 0 Å². The zero-order chi connectivity index (χ0) is 23.5. The zero-order valence-corrected chi connectivity index (χ0v) is 19.1. The van der Waals surface area contributed by atoms with Gasteiger partial charge >= 0.3 is 5.97 Å². The van der Waals surface area contributed by atoms with Gasteiger partial charge in [0.1, 0.15) is 12.1 Å². The summed E-state index contributed by atoms with van der Waals surface area (Å²) in [5.41, 5.74) is 13.5. The van der Waals surface area contributed by atoms with Gasteiger partial charge in [-0.15, -0.1) is 0 Å². The first kappa shape index (κ1) is 25.7. The summed E-state index contributed by atoms with van der Waals surface area (Å²) in [7, 11) is 0. The molecule has 2 amide bonds. The van der Waals surface area contributed by atoms with E-state index in [0.717, 1.165) is 16.5 Å². The Hall–Kier alpha value is -2.56. The summed E-state index contributed by atoms with van der Waals surface area (Å²) in [6.45, 7) is 0.459. The molecule has 176 valence electrons. The van der Waals surface area contributed by atoms with Crippen molar-refractivity contribution in [3.8, 4) is 0 Å². The Bertz CT molecular complexity index is 903. The van der Waals surface area contributed by atoms with Crippen molar-refractivity contribution in [3.05, 3.63) is 36.0 Å². The van der Waals surface area contributed by atoms with Gasteiger partial charge in [-0.1, -0.05) is 18.2 Å². The number of fused-ring (bicyclic) bond motifs is 1. The van der Waals surface area contributed by atoms with Crippen molar-refractivity contribution in [3.63, 3.8) is 0 Å². The van der Waals surface area contributed by atoms with Crippen molar-refractivity contribution in [2.45, 2.75) is 50.2 Å². The predicted molar refractivity (Wildman–Crippen MR) is 127 cm³/mol. The van der Waals surface area contributed by atoms with E-state index in [2.05, 4.69) is 15.6 Å². The number of rotatable bonds is 14. The molecule has 0 aliphatic carbocycles. The fourth-order valence-electron chi connectivity index (χ4n) is 3.44. The molecule has 9 nitrogen and oxygen atoms in total. The van der Waals surface area contributed by atoms with Crippen LogP contribution in [0.15, 0.2) is 30.5 Å². The number of carboxylic acids is 1. The third-order valence-electron chi connectivity index (χ3n) is 5.26. The molecule has 0 saturated carbocycles. The first-order valence-corrected chi connectivity index (χ1v) is 12.1.